The van der Waals surface area contributed by atoms with Gasteiger partial charge in [0.1, 0.15) is 6.04 Å². The first kappa shape index (κ1) is 14.2. The molecule has 0 heterocycles. The fourth-order valence-electron chi connectivity index (χ4n) is 1.43. The molecule has 0 saturated heterocycles. The number of hydrogen-bond acceptors (Lipinski definition) is 3. The smallest absolute Gasteiger partial charge is 0.326 e. The highest BCUT2D eigenvalue weighted by Gasteiger charge is 2.23. The van der Waals surface area contributed by atoms with Gasteiger partial charge in [0, 0.05) is 18.9 Å². The molecule has 0 aliphatic heterocycles. The first-order chi connectivity index (χ1) is 8.41. The van der Waals surface area contributed by atoms with E-state index in [4.69, 9.17) is 16.7 Å². The molecule has 0 saturated carbocycles. The van der Waals surface area contributed by atoms with E-state index in [0.717, 1.165) is 0 Å². The molecule has 1 rings (SSSR count). The van der Waals surface area contributed by atoms with E-state index in [-0.39, 0.29) is 17.0 Å². The zero-order chi connectivity index (χ0) is 13.7. The normalized spacial score (nSPS) is 11.7. The second kappa shape index (κ2) is 6.16. The molecule has 1 amide bonds. The van der Waals surface area contributed by atoms with Crippen molar-refractivity contribution in [3.05, 3.63) is 34.9 Å². The van der Waals surface area contributed by atoms with Crippen LogP contribution in [-0.4, -0.2) is 28.8 Å². The summed E-state index contributed by atoms with van der Waals surface area (Å²) in [6, 6.07) is 5.11. The molecule has 1 aromatic rings. The van der Waals surface area contributed by atoms with E-state index >= 15 is 0 Å². The lowest BCUT2D eigenvalue weighted by molar-refractivity contribution is -0.141. The Morgan fingerprint density at radius 3 is 2.44 bits per heavy atom. The van der Waals surface area contributed by atoms with Crippen LogP contribution in [-0.2, 0) is 9.59 Å². The maximum absolute atomic E-state index is 11.9. The van der Waals surface area contributed by atoms with Crippen LogP contribution in [0.5, 0.6) is 0 Å². The predicted molar refractivity (Wildman–Crippen MR) is 65.6 cm³/mol. The molecule has 96 valence electrons. The van der Waals surface area contributed by atoms with E-state index in [0.29, 0.717) is 0 Å². The second-order valence-electron chi connectivity index (χ2n) is 3.70. The number of carboxylic acids is 1. The van der Waals surface area contributed by atoms with E-state index in [1.807, 2.05) is 0 Å². The summed E-state index contributed by atoms with van der Waals surface area (Å²) in [6.07, 6.45) is -0.335. The minimum Gasteiger partial charge on any atom is -0.480 e. The Morgan fingerprint density at radius 1 is 1.33 bits per heavy atom. The molecular formula is C12H12ClNO4. The first-order valence-corrected chi connectivity index (χ1v) is 5.57. The highest BCUT2D eigenvalue weighted by Crippen LogP contribution is 2.17. The van der Waals surface area contributed by atoms with Crippen molar-refractivity contribution in [3.8, 4) is 0 Å². The number of carbonyl (C=O) groups excluding carboxylic acids is 2. The molecule has 0 aliphatic rings. The van der Waals surface area contributed by atoms with Gasteiger partial charge in [-0.3, -0.25) is 9.59 Å². The number of hydrogen-bond donors (Lipinski definition) is 2. The molecule has 0 aliphatic carbocycles. The molecule has 18 heavy (non-hydrogen) atoms. The topological polar surface area (TPSA) is 83.5 Å². The molecule has 1 aromatic carbocycles. The summed E-state index contributed by atoms with van der Waals surface area (Å²) < 4.78 is 0. The van der Waals surface area contributed by atoms with Crippen LogP contribution >= 0.6 is 11.6 Å². The summed E-state index contributed by atoms with van der Waals surface area (Å²) in [5.74, 6) is -2.19. The van der Waals surface area contributed by atoms with Crippen molar-refractivity contribution in [2.75, 3.05) is 0 Å². The molecule has 0 fully saturated rings. The standard InChI is InChI=1S/C12H12ClNO4/c1-7(15)14-10(12(17)18)6-11(16)8-4-2-3-5-9(8)13/h2-5,10H,6H2,1H3,(H,14,15)(H,17,18). The van der Waals surface area contributed by atoms with Gasteiger partial charge in [-0.05, 0) is 12.1 Å². The van der Waals surface area contributed by atoms with Crippen LogP contribution in [0.25, 0.3) is 0 Å². The highest BCUT2D eigenvalue weighted by molar-refractivity contribution is 6.34. The van der Waals surface area contributed by atoms with Crippen LogP contribution in [0.2, 0.25) is 5.02 Å². The molecule has 6 heteroatoms. The molecular weight excluding hydrogens is 258 g/mol. The average Bonchev–Trinajstić information content (AvgIpc) is 2.27. The zero-order valence-electron chi connectivity index (χ0n) is 9.64. The Bertz CT molecular complexity index is 487. The van der Waals surface area contributed by atoms with Crippen LogP contribution in [0, 0.1) is 0 Å². The van der Waals surface area contributed by atoms with Crippen LogP contribution in [0.3, 0.4) is 0 Å². The Kier molecular flexibility index (Phi) is 4.85. The van der Waals surface area contributed by atoms with Gasteiger partial charge in [-0.2, -0.15) is 0 Å². The van der Waals surface area contributed by atoms with Gasteiger partial charge in [0.15, 0.2) is 5.78 Å². The van der Waals surface area contributed by atoms with Gasteiger partial charge in [0.2, 0.25) is 5.91 Å². The van der Waals surface area contributed by atoms with E-state index in [1.165, 1.54) is 13.0 Å². The quantitative estimate of drug-likeness (QED) is 0.794. The predicted octanol–water partition coefficient (Wildman–Crippen LogP) is 1.50. The fourth-order valence-corrected chi connectivity index (χ4v) is 1.67. The van der Waals surface area contributed by atoms with Crippen LogP contribution < -0.4 is 5.32 Å². The minimum atomic E-state index is -1.26. The summed E-state index contributed by atoms with van der Waals surface area (Å²) in [5.41, 5.74) is 0.246. The van der Waals surface area contributed by atoms with Gasteiger partial charge in [0.25, 0.3) is 0 Å². The van der Waals surface area contributed by atoms with Crippen molar-refractivity contribution in [1.82, 2.24) is 5.32 Å². The zero-order valence-corrected chi connectivity index (χ0v) is 10.4. The molecule has 2 N–H and O–H groups in total. The van der Waals surface area contributed by atoms with Crippen molar-refractivity contribution in [1.29, 1.82) is 0 Å². The Labute approximate surface area is 109 Å². The second-order valence-corrected chi connectivity index (χ2v) is 4.11. The summed E-state index contributed by atoms with van der Waals surface area (Å²) >= 11 is 5.83. The maximum atomic E-state index is 11.9. The van der Waals surface area contributed by atoms with Gasteiger partial charge in [-0.25, -0.2) is 4.79 Å². The van der Waals surface area contributed by atoms with Gasteiger partial charge >= 0.3 is 5.97 Å². The molecule has 5 nitrogen and oxygen atoms in total. The van der Waals surface area contributed by atoms with Crippen molar-refractivity contribution < 1.29 is 19.5 Å². The molecule has 1 atom stereocenters. The summed E-state index contributed by atoms with van der Waals surface area (Å²) in [6.45, 7) is 1.19. The first-order valence-electron chi connectivity index (χ1n) is 5.19. The Morgan fingerprint density at radius 2 is 1.94 bits per heavy atom. The molecule has 0 aromatic heterocycles. The van der Waals surface area contributed by atoms with Crippen molar-refractivity contribution in [2.24, 2.45) is 0 Å². The third-order valence-electron chi connectivity index (χ3n) is 2.24. The van der Waals surface area contributed by atoms with Gasteiger partial charge < -0.3 is 10.4 Å². The molecule has 0 spiro atoms. The summed E-state index contributed by atoms with van der Waals surface area (Å²) in [7, 11) is 0. The average molecular weight is 270 g/mol. The third-order valence-corrected chi connectivity index (χ3v) is 2.57. The molecule has 0 radical (unpaired) electrons. The van der Waals surface area contributed by atoms with E-state index in [1.54, 1.807) is 18.2 Å². The molecule has 0 bridgehead atoms. The summed E-state index contributed by atoms with van der Waals surface area (Å²) in [4.78, 5) is 33.6. The SMILES string of the molecule is CC(=O)NC(CC(=O)c1ccccc1Cl)C(=O)O. The number of nitrogens with one attached hydrogen (secondary N) is 1. The number of benzene rings is 1. The van der Waals surface area contributed by atoms with Crippen molar-refractivity contribution in [3.63, 3.8) is 0 Å². The highest BCUT2D eigenvalue weighted by atomic mass is 35.5. The van der Waals surface area contributed by atoms with Crippen molar-refractivity contribution in [2.45, 2.75) is 19.4 Å². The summed E-state index contributed by atoms with van der Waals surface area (Å²) in [5, 5.41) is 11.3. The van der Waals surface area contributed by atoms with E-state index < -0.39 is 23.7 Å². The minimum absolute atomic E-state index is 0.246. The number of halogens is 1. The lowest BCUT2D eigenvalue weighted by atomic mass is 10.0. The fraction of sp³-hybridized carbons (Fsp3) is 0.250. The van der Waals surface area contributed by atoms with Gasteiger partial charge in [-0.1, -0.05) is 23.7 Å². The number of aliphatic carboxylic acids is 1. The number of carboxylic acid groups (broad SMARTS) is 1. The Hall–Kier alpha value is -1.88. The monoisotopic (exact) mass is 269 g/mol. The molecule has 1 unspecified atom stereocenters. The van der Waals surface area contributed by atoms with Crippen molar-refractivity contribution >= 4 is 29.3 Å². The maximum Gasteiger partial charge on any atom is 0.326 e. The van der Waals surface area contributed by atoms with Crippen LogP contribution in [0.4, 0.5) is 0 Å². The lowest BCUT2D eigenvalue weighted by Crippen LogP contribution is -2.41. The van der Waals surface area contributed by atoms with Crippen LogP contribution in [0.1, 0.15) is 23.7 Å². The number of Topliss-reactive ketones (excluding diaryl/α,β-unsaturated/α-hetero) is 1. The van der Waals surface area contributed by atoms with Gasteiger partial charge in [-0.15, -0.1) is 0 Å². The lowest BCUT2D eigenvalue weighted by Gasteiger charge is -2.12. The Balaban J connectivity index is 2.82. The van der Waals surface area contributed by atoms with E-state index in [9.17, 15) is 14.4 Å². The van der Waals surface area contributed by atoms with E-state index in [2.05, 4.69) is 5.32 Å². The number of ketones is 1. The largest absolute Gasteiger partial charge is 0.480 e. The van der Waals surface area contributed by atoms with Crippen LogP contribution in [0.15, 0.2) is 24.3 Å². The number of rotatable bonds is 5. The number of amides is 1. The number of carbonyl (C=O) groups is 3. The van der Waals surface area contributed by atoms with Gasteiger partial charge in [0.05, 0.1) is 5.02 Å². The third kappa shape index (κ3) is 3.85.